The van der Waals surface area contributed by atoms with Crippen LogP contribution in [0.3, 0.4) is 0 Å². The highest BCUT2D eigenvalue weighted by Crippen LogP contribution is 2.38. The maximum absolute atomic E-state index is 5.51. The Morgan fingerprint density at radius 1 is 1.64 bits per heavy atom. The highest BCUT2D eigenvalue weighted by atomic mass is 32.2. The van der Waals surface area contributed by atoms with Gasteiger partial charge >= 0.3 is 0 Å². The summed E-state index contributed by atoms with van der Waals surface area (Å²) in [6.45, 7) is 4.28. The van der Waals surface area contributed by atoms with Crippen LogP contribution < -0.4 is 5.32 Å². The average Bonchev–Trinajstić information content (AvgIpc) is 2.37. The lowest BCUT2D eigenvalue weighted by molar-refractivity contribution is 0.00745. The molecule has 2 heterocycles. The predicted octanol–water partition coefficient (Wildman–Crippen LogP) is 1.22. The summed E-state index contributed by atoms with van der Waals surface area (Å²) in [7, 11) is 0. The van der Waals surface area contributed by atoms with Gasteiger partial charge in [0, 0.05) is 25.3 Å². The molecule has 2 aliphatic heterocycles. The molecular formula is C8H15NOS. The average molecular weight is 173 g/mol. The molecule has 11 heavy (non-hydrogen) atoms. The Balaban J connectivity index is 2.00. The van der Waals surface area contributed by atoms with Crippen LogP contribution in [0.1, 0.15) is 19.8 Å². The van der Waals surface area contributed by atoms with Crippen LogP contribution in [0.25, 0.3) is 0 Å². The van der Waals surface area contributed by atoms with Crippen LogP contribution in [-0.4, -0.2) is 29.9 Å². The molecule has 0 aromatic carbocycles. The van der Waals surface area contributed by atoms with E-state index in [0.717, 1.165) is 6.61 Å². The van der Waals surface area contributed by atoms with Gasteiger partial charge in [-0.1, -0.05) is 0 Å². The Morgan fingerprint density at radius 2 is 2.55 bits per heavy atom. The topological polar surface area (TPSA) is 21.3 Å². The normalized spacial score (nSPS) is 45.0. The third kappa shape index (κ3) is 1.55. The first-order valence-electron chi connectivity index (χ1n) is 4.31. The van der Waals surface area contributed by atoms with E-state index in [1.807, 2.05) is 0 Å². The maximum Gasteiger partial charge on any atom is 0.0692 e. The van der Waals surface area contributed by atoms with Gasteiger partial charge < -0.3 is 10.1 Å². The highest BCUT2D eigenvalue weighted by molar-refractivity contribution is 8.00. The molecule has 2 atom stereocenters. The summed E-state index contributed by atoms with van der Waals surface area (Å²) in [5.74, 6) is 1.27. The standard InChI is InChI=1S/C8H15NOS/c1-7-6-8(2-4-10-7)9-3-5-11-8/h7,9H,2-6H2,1H3. The zero-order chi connectivity index (χ0) is 7.73. The van der Waals surface area contributed by atoms with Crippen LogP contribution in [0.4, 0.5) is 0 Å². The van der Waals surface area contributed by atoms with Crippen molar-refractivity contribution in [1.29, 1.82) is 0 Å². The Labute approximate surface area is 72.1 Å². The lowest BCUT2D eigenvalue weighted by atomic mass is 10.0. The van der Waals surface area contributed by atoms with E-state index in [1.165, 1.54) is 25.1 Å². The Morgan fingerprint density at radius 3 is 3.18 bits per heavy atom. The summed E-state index contributed by atoms with van der Waals surface area (Å²) in [4.78, 5) is 0.387. The number of hydrogen-bond acceptors (Lipinski definition) is 3. The van der Waals surface area contributed by atoms with Gasteiger partial charge in [0.25, 0.3) is 0 Å². The van der Waals surface area contributed by atoms with Crippen molar-refractivity contribution >= 4 is 11.8 Å². The van der Waals surface area contributed by atoms with E-state index >= 15 is 0 Å². The molecule has 2 unspecified atom stereocenters. The second-order valence-electron chi connectivity index (χ2n) is 3.41. The van der Waals surface area contributed by atoms with Crippen molar-refractivity contribution in [3.63, 3.8) is 0 Å². The summed E-state index contributed by atoms with van der Waals surface area (Å²) < 4.78 is 5.51. The number of nitrogens with one attached hydrogen (secondary N) is 1. The van der Waals surface area contributed by atoms with Crippen molar-refractivity contribution in [2.24, 2.45) is 0 Å². The molecule has 2 nitrogen and oxygen atoms in total. The van der Waals surface area contributed by atoms with E-state index < -0.39 is 0 Å². The van der Waals surface area contributed by atoms with Crippen molar-refractivity contribution in [2.75, 3.05) is 18.9 Å². The lowest BCUT2D eigenvalue weighted by Crippen LogP contribution is -2.45. The first-order valence-corrected chi connectivity index (χ1v) is 5.30. The maximum atomic E-state index is 5.51. The second kappa shape index (κ2) is 2.96. The van der Waals surface area contributed by atoms with Crippen molar-refractivity contribution in [3.8, 4) is 0 Å². The SMILES string of the molecule is CC1CC2(CCO1)NCCS2. The van der Waals surface area contributed by atoms with Gasteiger partial charge in [-0.3, -0.25) is 0 Å². The first kappa shape index (κ1) is 7.90. The monoisotopic (exact) mass is 173 g/mol. The van der Waals surface area contributed by atoms with Gasteiger partial charge in [-0.15, -0.1) is 11.8 Å². The highest BCUT2D eigenvalue weighted by Gasteiger charge is 2.38. The number of ether oxygens (including phenoxy) is 1. The fourth-order valence-electron chi connectivity index (χ4n) is 1.92. The van der Waals surface area contributed by atoms with E-state index in [0.29, 0.717) is 11.0 Å². The Kier molecular flexibility index (Phi) is 2.12. The van der Waals surface area contributed by atoms with E-state index in [1.54, 1.807) is 0 Å². The van der Waals surface area contributed by atoms with Crippen LogP contribution in [0, 0.1) is 0 Å². The second-order valence-corrected chi connectivity index (χ2v) is 4.88. The van der Waals surface area contributed by atoms with Crippen LogP contribution >= 0.6 is 11.8 Å². The lowest BCUT2D eigenvalue weighted by Gasteiger charge is -2.36. The molecule has 0 radical (unpaired) electrons. The van der Waals surface area contributed by atoms with Gasteiger partial charge in [-0.25, -0.2) is 0 Å². The minimum atomic E-state index is 0.387. The van der Waals surface area contributed by atoms with Crippen LogP contribution in [0.15, 0.2) is 0 Å². The number of hydrogen-bond donors (Lipinski definition) is 1. The molecular weight excluding hydrogens is 158 g/mol. The molecule has 2 rings (SSSR count). The zero-order valence-corrected chi connectivity index (χ0v) is 7.75. The molecule has 64 valence electrons. The summed E-state index contributed by atoms with van der Waals surface area (Å²) in [5, 5.41) is 3.59. The number of rotatable bonds is 0. The van der Waals surface area contributed by atoms with Gasteiger partial charge in [0.05, 0.1) is 11.0 Å². The molecule has 0 saturated carbocycles. The van der Waals surface area contributed by atoms with E-state index in [4.69, 9.17) is 4.74 Å². The summed E-state index contributed by atoms with van der Waals surface area (Å²) >= 11 is 2.08. The van der Waals surface area contributed by atoms with Crippen molar-refractivity contribution in [1.82, 2.24) is 5.32 Å². The van der Waals surface area contributed by atoms with Crippen molar-refractivity contribution < 1.29 is 4.74 Å². The molecule has 2 fully saturated rings. The summed E-state index contributed by atoms with van der Waals surface area (Å²) in [6, 6.07) is 0. The van der Waals surface area contributed by atoms with E-state index in [2.05, 4.69) is 24.0 Å². The van der Waals surface area contributed by atoms with Gasteiger partial charge in [0.1, 0.15) is 0 Å². The number of thioether (sulfide) groups is 1. The van der Waals surface area contributed by atoms with Crippen molar-refractivity contribution in [3.05, 3.63) is 0 Å². The molecule has 2 aliphatic rings. The Hall–Kier alpha value is 0.270. The third-order valence-electron chi connectivity index (χ3n) is 2.45. The minimum Gasteiger partial charge on any atom is -0.378 e. The van der Waals surface area contributed by atoms with Crippen LogP contribution in [-0.2, 0) is 4.74 Å². The smallest absolute Gasteiger partial charge is 0.0692 e. The minimum absolute atomic E-state index is 0.387. The summed E-state index contributed by atoms with van der Waals surface area (Å²) in [6.07, 6.45) is 2.81. The molecule has 0 aromatic heterocycles. The van der Waals surface area contributed by atoms with Crippen LogP contribution in [0.2, 0.25) is 0 Å². The predicted molar refractivity (Wildman–Crippen MR) is 47.8 cm³/mol. The quantitative estimate of drug-likeness (QED) is 0.595. The molecule has 0 bridgehead atoms. The largest absolute Gasteiger partial charge is 0.378 e. The van der Waals surface area contributed by atoms with Gasteiger partial charge in [0.15, 0.2) is 0 Å². The first-order chi connectivity index (χ1) is 5.31. The molecule has 1 N–H and O–H groups in total. The third-order valence-corrected chi connectivity index (χ3v) is 3.93. The molecule has 2 saturated heterocycles. The molecule has 0 aliphatic carbocycles. The van der Waals surface area contributed by atoms with Crippen LogP contribution in [0.5, 0.6) is 0 Å². The zero-order valence-electron chi connectivity index (χ0n) is 6.93. The Bertz CT molecular complexity index is 145. The van der Waals surface area contributed by atoms with Gasteiger partial charge in [-0.2, -0.15) is 0 Å². The molecule has 1 spiro atoms. The molecule has 3 heteroatoms. The van der Waals surface area contributed by atoms with Gasteiger partial charge in [0.2, 0.25) is 0 Å². The molecule has 0 aromatic rings. The fraction of sp³-hybridized carbons (Fsp3) is 1.00. The molecule has 0 amide bonds. The summed E-state index contributed by atoms with van der Waals surface area (Å²) in [5.41, 5.74) is 0. The van der Waals surface area contributed by atoms with Gasteiger partial charge in [-0.05, 0) is 13.3 Å². The van der Waals surface area contributed by atoms with E-state index in [9.17, 15) is 0 Å². The van der Waals surface area contributed by atoms with E-state index in [-0.39, 0.29) is 0 Å². The van der Waals surface area contributed by atoms with Crippen molar-refractivity contribution in [2.45, 2.75) is 30.7 Å². The fourth-order valence-corrected chi connectivity index (χ4v) is 3.30.